The molecule has 8 nitrogen and oxygen atoms in total. The summed E-state index contributed by atoms with van der Waals surface area (Å²) in [5.41, 5.74) is 3.23. The minimum absolute atomic E-state index is 0.0667. The van der Waals surface area contributed by atoms with Gasteiger partial charge in [0.25, 0.3) is 0 Å². The Balaban J connectivity index is 1.17. The second-order valence-electron chi connectivity index (χ2n) is 7.94. The van der Waals surface area contributed by atoms with Gasteiger partial charge in [-0.25, -0.2) is 0 Å². The number of carbonyl (C=O) groups is 1. The van der Waals surface area contributed by atoms with Gasteiger partial charge in [0.05, 0.1) is 33.8 Å². The Hall–Kier alpha value is -3.85. The first-order chi connectivity index (χ1) is 16.7. The quantitative estimate of drug-likeness (QED) is 0.373. The SMILES string of the molecule is O=C(c1ccccc1)c1ccc2c(c1)S(=O)CN2CCOc1ccc(CCc2nn[nH]n2)cc1. The minimum Gasteiger partial charge on any atom is -0.492 e. The number of carbonyl (C=O) groups excluding carboxylic acids is 1. The van der Waals surface area contributed by atoms with Gasteiger partial charge in [-0.3, -0.25) is 9.00 Å². The van der Waals surface area contributed by atoms with E-state index in [2.05, 4.69) is 20.6 Å². The molecule has 3 aromatic carbocycles. The number of hydrogen-bond donors (Lipinski definition) is 1. The summed E-state index contributed by atoms with van der Waals surface area (Å²) in [4.78, 5) is 15.5. The molecule has 0 saturated carbocycles. The lowest BCUT2D eigenvalue weighted by Gasteiger charge is -2.18. The lowest BCUT2D eigenvalue weighted by molar-refractivity contribution is 0.103. The molecule has 1 atom stereocenters. The second-order valence-corrected chi connectivity index (χ2v) is 9.33. The van der Waals surface area contributed by atoms with E-state index in [1.807, 2.05) is 53.4 Å². The minimum atomic E-state index is -1.18. The fourth-order valence-electron chi connectivity index (χ4n) is 3.89. The molecular formula is C25H23N5O3S. The van der Waals surface area contributed by atoms with Crippen LogP contribution in [0, 0.1) is 0 Å². The van der Waals surface area contributed by atoms with Crippen molar-refractivity contribution in [3.05, 3.63) is 95.3 Å². The van der Waals surface area contributed by atoms with Gasteiger partial charge < -0.3 is 9.64 Å². The molecule has 1 aliphatic rings. The van der Waals surface area contributed by atoms with E-state index in [-0.39, 0.29) is 5.78 Å². The van der Waals surface area contributed by atoms with E-state index in [1.54, 1.807) is 24.3 Å². The standard InChI is InChI=1S/C25H23N5O3S/c31-25(19-4-2-1-3-5-19)20-9-12-22-23(16-20)34(32)17-30(22)14-15-33-21-10-6-18(7-11-21)8-13-24-26-28-29-27-24/h1-7,9-12,16H,8,13-15,17H2,(H,26,27,28,29). The van der Waals surface area contributed by atoms with Crippen LogP contribution in [0.5, 0.6) is 5.75 Å². The third-order valence-electron chi connectivity index (χ3n) is 5.70. The van der Waals surface area contributed by atoms with Gasteiger partial charge in [-0.2, -0.15) is 5.21 Å². The van der Waals surface area contributed by atoms with E-state index < -0.39 is 10.8 Å². The fourth-order valence-corrected chi connectivity index (χ4v) is 5.27. The van der Waals surface area contributed by atoms with Crippen LogP contribution in [-0.4, -0.2) is 49.6 Å². The van der Waals surface area contributed by atoms with Crippen LogP contribution in [0.4, 0.5) is 5.69 Å². The van der Waals surface area contributed by atoms with Crippen molar-refractivity contribution in [2.75, 3.05) is 23.9 Å². The Labute approximate surface area is 199 Å². The largest absolute Gasteiger partial charge is 0.492 e. The number of H-pyrrole nitrogens is 1. The van der Waals surface area contributed by atoms with Gasteiger partial charge >= 0.3 is 0 Å². The van der Waals surface area contributed by atoms with Crippen LogP contribution in [0.1, 0.15) is 27.3 Å². The number of benzene rings is 3. The summed E-state index contributed by atoms with van der Waals surface area (Å²) in [7, 11) is -1.18. The van der Waals surface area contributed by atoms with Gasteiger partial charge in [0.1, 0.15) is 12.4 Å². The highest BCUT2D eigenvalue weighted by atomic mass is 32.2. The first kappa shape index (κ1) is 22.0. The summed E-state index contributed by atoms with van der Waals surface area (Å²) in [6.07, 6.45) is 1.55. The number of rotatable bonds is 9. The predicted molar refractivity (Wildman–Crippen MR) is 128 cm³/mol. The molecule has 172 valence electrons. The van der Waals surface area contributed by atoms with Crippen LogP contribution in [0.15, 0.2) is 77.7 Å². The van der Waals surface area contributed by atoms with Crippen molar-refractivity contribution in [1.29, 1.82) is 0 Å². The van der Waals surface area contributed by atoms with Crippen molar-refractivity contribution < 1.29 is 13.7 Å². The molecule has 9 heteroatoms. The van der Waals surface area contributed by atoms with Crippen LogP contribution in [0.3, 0.4) is 0 Å². The molecule has 0 aliphatic carbocycles. The molecule has 0 amide bonds. The van der Waals surface area contributed by atoms with E-state index in [0.29, 0.717) is 40.9 Å². The lowest BCUT2D eigenvalue weighted by Crippen LogP contribution is -2.26. The van der Waals surface area contributed by atoms with Crippen molar-refractivity contribution in [2.45, 2.75) is 17.7 Å². The molecule has 5 rings (SSSR count). The van der Waals surface area contributed by atoms with Crippen LogP contribution >= 0.6 is 0 Å². The van der Waals surface area contributed by atoms with Gasteiger partial charge in [0, 0.05) is 17.5 Å². The smallest absolute Gasteiger partial charge is 0.193 e. The molecule has 1 unspecified atom stereocenters. The highest BCUT2D eigenvalue weighted by Gasteiger charge is 2.26. The molecule has 2 heterocycles. The lowest BCUT2D eigenvalue weighted by atomic mass is 10.0. The molecule has 0 saturated heterocycles. The zero-order chi connectivity index (χ0) is 23.3. The number of ether oxygens (including phenoxy) is 1. The molecule has 1 aromatic heterocycles. The number of aryl methyl sites for hydroxylation is 2. The third-order valence-corrected chi connectivity index (χ3v) is 7.06. The number of nitrogens with zero attached hydrogens (tertiary/aromatic N) is 4. The first-order valence-corrected chi connectivity index (χ1v) is 12.3. The van der Waals surface area contributed by atoms with Gasteiger partial charge in [0.15, 0.2) is 11.6 Å². The normalized spacial score (nSPS) is 14.7. The number of aromatic amines is 1. The Kier molecular flexibility index (Phi) is 6.44. The molecule has 4 aromatic rings. The summed E-state index contributed by atoms with van der Waals surface area (Å²) >= 11 is 0. The number of aromatic nitrogens is 4. The van der Waals surface area contributed by atoms with Crippen LogP contribution in [0.2, 0.25) is 0 Å². The van der Waals surface area contributed by atoms with Crippen LogP contribution in [0.25, 0.3) is 0 Å². The fraction of sp³-hybridized carbons (Fsp3) is 0.200. The van der Waals surface area contributed by atoms with E-state index in [1.165, 1.54) is 5.56 Å². The molecule has 0 fully saturated rings. The highest BCUT2D eigenvalue weighted by Crippen LogP contribution is 2.32. The average Bonchev–Trinajstić information content (AvgIpc) is 3.51. The second kappa shape index (κ2) is 9.96. The summed E-state index contributed by atoms with van der Waals surface area (Å²) < 4.78 is 18.6. The summed E-state index contributed by atoms with van der Waals surface area (Å²) in [6.45, 7) is 1.06. The Morgan fingerprint density at radius 1 is 1.00 bits per heavy atom. The maximum Gasteiger partial charge on any atom is 0.193 e. The third kappa shape index (κ3) is 4.89. The Bertz CT molecular complexity index is 1290. The van der Waals surface area contributed by atoms with Crippen LogP contribution in [-0.2, 0) is 23.6 Å². The number of nitrogens with one attached hydrogen (secondary N) is 1. The number of fused-ring (bicyclic) bond motifs is 1. The van der Waals surface area contributed by atoms with E-state index in [0.717, 1.165) is 24.3 Å². The van der Waals surface area contributed by atoms with Crippen molar-refractivity contribution in [3.63, 3.8) is 0 Å². The number of tetrazole rings is 1. The zero-order valence-corrected chi connectivity index (χ0v) is 19.2. The van der Waals surface area contributed by atoms with Gasteiger partial charge in [-0.15, -0.1) is 10.2 Å². The number of anilines is 1. The molecular weight excluding hydrogens is 450 g/mol. The maximum atomic E-state index is 12.7. The van der Waals surface area contributed by atoms with Gasteiger partial charge in [0.2, 0.25) is 0 Å². The van der Waals surface area contributed by atoms with E-state index >= 15 is 0 Å². The summed E-state index contributed by atoms with van der Waals surface area (Å²) in [5.74, 6) is 1.81. The van der Waals surface area contributed by atoms with Crippen molar-refractivity contribution in [3.8, 4) is 5.75 Å². The zero-order valence-electron chi connectivity index (χ0n) is 18.4. The van der Waals surface area contributed by atoms with Crippen molar-refractivity contribution >= 4 is 22.3 Å². The summed E-state index contributed by atoms with van der Waals surface area (Å²) in [5, 5.41) is 13.9. The van der Waals surface area contributed by atoms with E-state index in [9.17, 15) is 9.00 Å². The Morgan fingerprint density at radius 2 is 1.82 bits per heavy atom. The topological polar surface area (TPSA) is 101 Å². The monoisotopic (exact) mass is 473 g/mol. The first-order valence-electron chi connectivity index (χ1n) is 11.0. The van der Waals surface area contributed by atoms with E-state index in [4.69, 9.17) is 4.74 Å². The number of hydrogen-bond acceptors (Lipinski definition) is 7. The van der Waals surface area contributed by atoms with Gasteiger partial charge in [-0.05, 0) is 42.3 Å². The Morgan fingerprint density at radius 3 is 2.59 bits per heavy atom. The van der Waals surface area contributed by atoms with Crippen LogP contribution < -0.4 is 9.64 Å². The molecule has 0 bridgehead atoms. The average molecular weight is 474 g/mol. The predicted octanol–water partition coefficient (Wildman–Crippen LogP) is 3.18. The summed E-state index contributed by atoms with van der Waals surface area (Å²) in [6, 6.07) is 22.5. The molecule has 1 N–H and O–H groups in total. The molecule has 34 heavy (non-hydrogen) atoms. The molecule has 0 spiro atoms. The van der Waals surface area contributed by atoms with Gasteiger partial charge in [-0.1, -0.05) is 47.7 Å². The van der Waals surface area contributed by atoms with Crippen molar-refractivity contribution in [2.24, 2.45) is 0 Å². The molecule has 1 aliphatic heterocycles. The van der Waals surface area contributed by atoms with Crippen molar-refractivity contribution in [1.82, 2.24) is 20.6 Å². The molecule has 0 radical (unpaired) electrons. The maximum absolute atomic E-state index is 12.7. The highest BCUT2D eigenvalue weighted by molar-refractivity contribution is 7.85. The number of ketones is 1.